The molecule has 9 rings (SSSR count). The molecule has 0 unspecified atom stereocenters. The van der Waals surface area contributed by atoms with Crippen LogP contribution in [0.25, 0.3) is 72.6 Å². The molecule has 5 heteroatoms. The van der Waals surface area contributed by atoms with Crippen LogP contribution < -0.4 is 0 Å². The smallest absolute Gasteiger partial charge is 0.0774 e. The Balaban J connectivity index is 0.000000265. The third-order valence-electron chi connectivity index (χ3n) is 8.75. The van der Waals surface area contributed by atoms with E-state index in [1.165, 1.54) is 5.56 Å². The molecule has 0 spiro atoms. The summed E-state index contributed by atoms with van der Waals surface area (Å²) in [4.78, 5) is 9.39. The normalized spacial score (nSPS) is 10.8. The predicted octanol–water partition coefficient (Wildman–Crippen LogP) is 11.7. The van der Waals surface area contributed by atoms with Gasteiger partial charge in [0.25, 0.3) is 0 Å². The first-order chi connectivity index (χ1) is 24.6. The maximum Gasteiger partial charge on any atom is 0.0774 e. The van der Waals surface area contributed by atoms with Crippen molar-refractivity contribution >= 4 is 22.0 Å². The van der Waals surface area contributed by atoms with Gasteiger partial charge in [0, 0.05) is 49.3 Å². The number of benzene rings is 6. The zero-order valence-electron chi connectivity index (χ0n) is 28.2. The second kappa shape index (κ2) is 14.9. The topological polar surface area (TPSA) is 43.9 Å². The van der Waals surface area contributed by atoms with Gasteiger partial charge in [-0.25, -0.2) is 0 Å². The van der Waals surface area contributed by atoms with Crippen molar-refractivity contribution in [3.8, 4) is 50.6 Å². The molecule has 0 bridgehead atoms. The molecule has 4 nitrogen and oxygen atoms in total. The van der Waals surface area contributed by atoms with Crippen LogP contribution in [0.3, 0.4) is 0 Å². The Labute approximate surface area is 311 Å². The van der Waals surface area contributed by atoms with Gasteiger partial charge in [-0.1, -0.05) is 114 Å². The van der Waals surface area contributed by atoms with Gasteiger partial charge in [-0.15, -0.1) is 42.0 Å². The Morgan fingerprint density at radius 1 is 0.627 bits per heavy atom. The second-order valence-corrected chi connectivity index (χ2v) is 12.3. The van der Waals surface area contributed by atoms with Gasteiger partial charge in [0.1, 0.15) is 0 Å². The van der Waals surface area contributed by atoms with Crippen LogP contribution in [0, 0.1) is 26.2 Å². The van der Waals surface area contributed by atoms with Crippen molar-refractivity contribution in [1.29, 1.82) is 0 Å². The molecule has 0 aliphatic carbocycles. The summed E-state index contributed by atoms with van der Waals surface area (Å²) in [7, 11) is 0. The van der Waals surface area contributed by atoms with E-state index in [4.69, 9.17) is 9.40 Å². The first-order valence-electron chi connectivity index (χ1n) is 16.7. The predicted molar refractivity (Wildman–Crippen MR) is 204 cm³/mol. The van der Waals surface area contributed by atoms with E-state index in [9.17, 15) is 0 Å². The van der Waals surface area contributed by atoms with E-state index in [0.29, 0.717) is 0 Å². The van der Waals surface area contributed by atoms with Crippen molar-refractivity contribution in [2.24, 2.45) is 0 Å². The molecule has 249 valence electrons. The van der Waals surface area contributed by atoms with Crippen LogP contribution >= 0.6 is 0 Å². The van der Waals surface area contributed by atoms with Crippen molar-refractivity contribution in [3.05, 3.63) is 187 Å². The zero-order chi connectivity index (χ0) is 33.9. The largest absolute Gasteiger partial charge is 0.557 e. The Hall–Kier alpha value is -5.87. The second-order valence-electron chi connectivity index (χ2n) is 12.3. The van der Waals surface area contributed by atoms with Gasteiger partial charge in [-0.3, -0.25) is 4.98 Å². The maximum atomic E-state index is 5.94. The van der Waals surface area contributed by atoms with Gasteiger partial charge in [0.2, 0.25) is 0 Å². The standard InChI is InChI=1S/C35H25N2O.C11H8N.Ir/c1-23-17-18-27-30(22-38-33(27)21-23)35-36-31-15-9-10-16-32(31)37(35)34-28(25-11-5-3-6-12-25)19-24(2)20-29(34)26-13-7-4-8-14-26;1-2-6-10(7-3-1)11-8-4-5-9-12-11;/h3-21H,1-2H3;1-6,8-9H;/q2*-1;. The minimum absolute atomic E-state index is 0. The molecular formula is C46H33IrN3O-2. The molecule has 0 saturated heterocycles. The molecule has 0 fully saturated rings. The van der Waals surface area contributed by atoms with Crippen LogP contribution in [-0.2, 0) is 20.1 Å². The molecule has 0 aliphatic rings. The average molecular weight is 836 g/mol. The summed E-state index contributed by atoms with van der Waals surface area (Å²) in [5, 5.41) is 1.00. The fraction of sp³-hybridized carbons (Fsp3) is 0.0435. The van der Waals surface area contributed by atoms with Crippen LogP contribution in [0.15, 0.2) is 168 Å². The summed E-state index contributed by atoms with van der Waals surface area (Å²) >= 11 is 0. The third-order valence-corrected chi connectivity index (χ3v) is 8.75. The molecule has 0 N–H and O–H groups in total. The van der Waals surface area contributed by atoms with E-state index in [2.05, 4.69) is 145 Å². The first-order valence-corrected chi connectivity index (χ1v) is 16.7. The number of imidazole rings is 1. The van der Waals surface area contributed by atoms with Crippen molar-refractivity contribution in [2.75, 3.05) is 0 Å². The van der Waals surface area contributed by atoms with Crippen LogP contribution in [0.2, 0.25) is 0 Å². The van der Waals surface area contributed by atoms with Gasteiger partial charge < -0.3 is 14.0 Å². The number of rotatable bonds is 5. The minimum Gasteiger partial charge on any atom is -0.557 e. The quantitative estimate of drug-likeness (QED) is 0.162. The monoisotopic (exact) mass is 836 g/mol. The fourth-order valence-corrected chi connectivity index (χ4v) is 6.44. The van der Waals surface area contributed by atoms with Gasteiger partial charge >= 0.3 is 0 Å². The Morgan fingerprint density at radius 2 is 1.29 bits per heavy atom. The molecule has 1 radical (unpaired) electrons. The van der Waals surface area contributed by atoms with Gasteiger partial charge in [-0.2, -0.15) is 0 Å². The number of fused-ring (bicyclic) bond motifs is 2. The summed E-state index contributed by atoms with van der Waals surface area (Å²) in [5.41, 5.74) is 13.7. The van der Waals surface area contributed by atoms with E-state index in [0.717, 1.165) is 78.2 Å². The van der Waals surface area contributed by atoms with Crippen LogP contribution in [0.4, 0.5) is 0 Å². The average Bonchev–Trinajstić information content (AvgIpc) is 3.77. The molecule has 3 heterocycles. The summed E-state index contributed by atoms with van der Waals surface area (Å²) in [6.45, 7) is 4.23. The SMILES string of the molecule is Cc1cc(-c2ccccc2)c(-n2c(-c3[c-]oc4cc(C)ccc34)nc3ccccc32)c(-c2ccccc2)c1.[Ir].[c-]1ccccc1-c1ccccn1. The van der Waals surface area contributed by atoms with Gasteiger partial charge in [0.15, 0.2) is 0 Å². The van der Waals surface area contributed by atoms with E-state index in [1.54, 1.807) is 6.20 Å². The molecular weight excluding hydrogens is 803 g/mol. The molecule has 3 aromatic heterocycles. The van der Waals surface area contributed by atoms with Crippen molar-refractivity contribution < 1.29 is 24.5 Å². The Bertz CT molecular complexity index is 2440. The fourth-order valence-electron chi connectivity index (χ4n) is 6.44. The third kappa shape index (κ3) is 6.82. The summed E-state index contributed by atoms with van der Waals surface area (Å²) in [5.74, 6) is 0.812. The summed E-state index contributed by atoms with van der Waals surface area (Å²) in [6.07, 6.45) is 4.99. The number of para-hydroxylation sites is 2. The number of pyridine rings is 1. The van der Waals surface area contributed by atoms with Crippen molar-refractivity contribution in [3.63, 3.8) is 0 Å². The van der Waals surface area contributed by atoms with Crippen LogP contribution in [-0.4, -0.2) is 14.5 Å². The molecule has 9 aromatic rings. The number of aryl methyl sites for hydroxylation is 2. The first kappa shape index (κ1) is 33.6. The molecule has 0 amide bonds. The Kier molecular flexibility index (Phi) is 9.85. The van der Waals surface area contributed by atoms with E-state index in [-0.39, 0.29) is 20.1 Å². The number of hydrogen-bond donors (Lipinski definition) is 0. The van der Waals surface area contributed by atoms with Gasteiger partial charge in [-0.05, 0) is 66.6 Å². The number of furan rings is 1. The molecule has 0 atom stereocenters. The maximum absolute atomic E-state index is 5.94. The van der Waals surface area contributed by atoms with Crippen molar-refractivity contribution in [1.82, 2.24) is 14.5 Å². The summed E-state index contributed by atoms with van der Waals surface area (Å²) < 4.78 is 8.23. The minimum atomic E-state index is 0. The Morgan fingerprint density at radius 3 is 1.96 bits per heavy atom. The molecule has 6 aromatic carbocycles. The molecule has 51 heavy (non-hydrogen) atoms. The van der Waals surface area contributed by atoms with E-state index in [1.807, 2.05) is 48.5 Å². The zero-order valence-corrected chi connectivity index (χ0v) is 30.6. The van der Waals surface area contributed by atoms with E-state index < -0.39 is 0 Å². The number of nitrogens with zero attached hydrogens (tertiary/aromatic N) is 3. The van der Waals surface area contributed by atoms with Gasteiger partial charge in [0.05, 0.1) is 22.5 Å². The van der Waals surface area contributed by atoms with E-state index >= 15 is 0 Å². The molecule has 0 aliphatic heterocycles. The summed E-state index contributed by atoms with van der Waals surface area (Å²) in [6, 6.07) is 57.1. The van der Waals surface area contributed by atoms with Crippen molar-refractivity contribution in [2.45, 2.75) is 13.8 Å². The number of aromatic nitrogens is 3. The van der Waals surface area contributed by atoms with Crippen LogP contribution in [0.5, 0.6) is 0 Å². The number of hydrogen-bond acceptors (Lipinski definition) is 3. The molecule has 0 saturated carbocycles. The van der Waals surface area contributed by atoms with Crippen LogP contribution in [0.1, 0.15) is 11.1 Å².